The summed E-state index contributed by atoms with van der Waals surface area (Å²) in [5.74, 6) is 0. The van der Waals surface area contributed by atoms with E-state index >= 15 is 0 Å². The Labute approximate surface area is 106 Å². The van der Waals surface area contributed by atoms with Crippen molar-refractivity contribution < 1.29 is 0 Å². The number of rotatable bonds is 2. The molecule has 2 aromatic rings. The molecule has 0 N–H and O–H groups in total. The third-order valence-electron chi connectivity index (χ3n) is 2.39. The van der Waals surface area contributed by atoms with Crippen LogP contribution >= 0.6 is 22.6 Å². The summed E-state index contributed by atoms with van der Waals surface area (Å²) < 4.78 is 3.58. The Kier molecular flexibility index (Phi) is 3.08. The van der Waals surface area contributed by atoms with Crippen molar-refractivity contribution in [1.29, 1.82) is 0 Å². The Morgan fingerprint density at radius 2 is 2.12 bits per heavy atom. The fourth-order valence-corrected chi connectivity index (χ4v) is 2.44. The molecule has 0 aliphatic heterocycles. The highest BCUT2D eigenvalue weighted by atomic mass is 127. The van der Waals surface area contributed by atoms with Gasteiger partial charge in [-0.15, -0.1) is 0 Å². The van der Waals surface area contributed by atoms with Gasteiger partial charge in [-0.05, 0) is 51.1 Å². The monoisotopic (exact) mass is 330 g/mol. The van der Waals surface area contributed by atoms with Crippen molar-refractivity contribution in [1.82, 2.24) is 19.8 Å². The Bertz CT molecular complexity index is 572. The lowest BCUT2D eigenvalue weighted by Crippen LogP contribution is -2.22. The summed E-state index contributed by atoms with van der Waals surface area (Å²) >= 11 is 2.23. The minimum atomic E-state index is -0.230. The molecule has 84 valence electrons. The predicted molar refractivity (Wildman–Crippen MR) is 68.7 cm³/mol. The standard InChI is InChI=1S/C10H11IN4O/c1-3-7-5-4-6-8(9(7)11)15-10(16)14(2)12-13-15/h4-6H,3H2,1-2H3. The summed E-state index contributed by atoms with van der Waals surface area (Å²) in [5.41, 5.74) is 1.76. The molecule has 0 spiro atoms. The smallest absolute Gasteiger partial charge is 0.244 e. The first-order valence-corrected chi connectivity index (χ1v) is 5.99. The number of aryl methyl sites for hydroxylation is 2. The summed E-state index contributed by atoms with van der Waals surface area (Å²) in [5, 5.41) is 7.54. The lowest BCUT2D eigenvalue weighted by molar-refractivity contribution is 0.692. The number of benzene rings is 1. The van der Waals surface area contributed by atoms with E-state index in [0.29, 0.717) is 0 Å². The summed E-state index contributed by atoms with van der Waals surface area (Å²) in [6.07, 6.45) is 0.932. The first-order valence-electron chi connectivity index (χ1n) is 4.92. The third-order valence-corrected chi connectivity index (χ3v) is 3.63. The second-order valence-electron chi connectivity index (χ2n) is 3.40. The molecular weight excluding hydrogens is 319 g/mol. The highest BCUT2D eigenvalue weighted by Gasteiger charge is 2.11. The van der Waals surface area contributed by atoms with Gasteiger partial charge in [0.2, 0.25) is 0 Å². The fourth-order valence-electron chi connectivity index (χ4n) is 1.47. The van der Waals surface area contributed by atoms with Gasteiger partial charge in [0.05, 0.1) is 5.69 Å². The first kappa shape index (κ1) is 11.3. The summed E-state index contributed by atoms with van der Waals surface area (Å²) in [4.78, 5) is 11.7. The van der Waals surface area contributed by atoms with E-state index in [-0.39, 0.29) is 5.69 Å². The van der Waals surface area contributed by atoms with Crippen molar-refractivity contribution in [2.75, 3.05) is 0 Å². The number of hydrogen-bond acceptors (Lipinski definition) is 3. The Balaban J connectivity index is 2.65. The topological polar surface area (TPSA) is 52.7 Å². The van der Waals surface area contributed by atoms with Crippen LogP contribution in [0.25, 0.3) is 5.69 Å². The van der Waals surface area contributed by atoms with Crippen LogP contribution in [0.2, 0.25) is 0 Å². The van der Waals surface area contributed by atoms with Gasteiger partial charge >= 0.3 is 5.69 Å². The zero-order valence-electron chi connectivity index (χ0n) is 9.01. The van der Waals surface area contributed by atoms with Gasteiger partial charge in [-0.25, -0.2) is 4.79 Å². The first-order chi connectivity index (χ1) is 7.65. The van der Waals surface area contributed by atoms with Gasteiger partial charge in [0.1, 0.15) is 0 Å². The van der Waals surface area contributed by atoms with E-state index in [9.17, 15) is 4.79 Å². The van der Waals surface area contributed by atoms with Crippen LogP contribution in [-0.2, 0) is 13.5 Å². The van der Waals surface area contributed by atoms with Crippen molar-refractivity contribution in [3.63, 3.8) is 0 Å². The molecule has 0 bridgehead atoms. The summed E-state index contributed by atoms with van der Waals surface area (Å²) in [7, 11) is 1.59. The molecule has 0 atom stereocenters. The van der Waals surface area contributed by atoms with Crippen LogP contribution in [0.4, 0.5) is 0 Å². The average Bonchev–Trinajstić information content (AvgIpc) is 2.61. The quantitative estimate of drug-likeness (QED) is 0.776. The van der Waals surface area contributed by atoms with Crippen LogP contribution < -0.4 is 5.69 Å². The third kappa shape index (κ3) is 1.77. The molecule has 0 saturated heterocycles. The predicted octanol–water partition coefficient (Wildman–Crippen LogP) is 1.13. The molecule has 0 amide bonds. The van der Waals surface area contributed by atoms with Crippen molar-refractivity contribution in [2.45, 2.75) is 13.3 Å². The van der Waals surface area contributed by atoms with Gasteiger partial charge in [0.15, 0.2) is 0 Å². The number of halogens is 1. The Morgan fingerprint density at radius 1 is 1.38 bits per heavy atom. The fraction of sp³-hybridized carbons (Fsp3) is 0.300. The molecule has 0 unspecified atom stereocenters. The minimum Gasteiger partial charge on any atom is -0.244 e. The van der Waals surface area contributed by atoms with Crippen molar-refractivity contribution in [3.8, 4) is 5.69 Å². The molecule has 1 aromatic heterocycles. The Morgan fingerprint density at radius 3 is 2.69 bits per heavy atom. The van der Waals surface area contributed by atoms with Gasteiger partial charge in [0.25, 0.3) is 0 Å². The largest absolute Gasteiger partial charge is 0.368 e. The van der Waals surface area contributed by atoms with Gasteiger partial charge in [0, 0.05) is 10.6 Å². The molecule has 0 aliphatic carbocycles. The zero-order valence-corrected chi connectivity index (χ0v) is 11.2. The molecule has 5 nitrogen and oxygen atoms in total. The van der Waals surface area contributed by atoms with Crippen LogP contribution in [0.15, 0.2) is 23.0 Å². The molecule has 16 heavy (non-hydrogen) atoms. The second kappa shape index (κ2) is 4.36. The molecule has 1 heterocycles. The van der Waals surface area contributed by atoms with Crippen molar-refractivity contribution in [2.24, 2.45) is 7.05 Å². The maximum atomic E-state index is 11.7. The highest BCUT2D eigenvalue weighted by Crippen LogP contribution is 2.19. The average molecular weight is 330 g/mol. The maximum Gasteiger partial charge on any atom is 0.368 e. The van der Waals surface area contributed by atoms with E-state index < -0.39 is 0 Å². The van der Waals surface area contributed by atoms with E-state index in [1.165, 1.54) is 14.9 Å². The lowest BCUT2D eigenvalue weighted by atomic mass is 10.1. The minimum absolute atomic E-state index is 0.230. The van der Waals surface area contributed by atoms with Crippen LogP contribution in [0.5, 0.6) is 0 Å². The molecule has 2 rings (SSSR count). The molecule has 0 saturated carbocycles. The maximum absolute atomic E-state index is 11.7. The van der Waals surface area contributed by atoms with Crippen LogP contribution in [0.1, 0.15) is 12.5 Å². The van der Waals surface area contributed by atoms with Crippen LogP contribution in [0.3, 0.4) is 0 Å². The van der Waals surface area contributed by atoms with Crippen molar-refractivity contribution in [3.05, 3.63) is 37.8 Å². The number of hydrogen-bond donors (Lipinski definition) is 0. The molecule has 0 radical (unpaired) electrons. The number of aromatic nitrogens is 4. The van der Waals surface area contributed by atoms with Crippen LogP contribution in [-0.4, -0.2) is 19.8 Å². The molecule has 0 fully saturated rings. The molecule has 6 heteroatoms. The summed E-state index contributed by atoms with van der Waals surface area (Å²) in [6.45, 7) is 2.08. The SMILES string of the molecule is CCc1cccc(-n2nnn(C)c2=O)c1I. The van der Waals surface area contributed by atoms with E-state index in [0.717, 1.165) is 15.7 Å². The molecule has 1 aromatic carbocycles. The number of nitrogens with zero attached hydrogens (tertiary/aromatic N) is 4. The van der Waals surface area contributed by atoms with Gasteiger partial charge < -0.3 is 0 Å². The van der Waals surface area contributed by atoms with E-state index in [1.54, 1.807) is 7.05 Å². The van der Waals surface area contributed by atoms with E-state index in [2.05, 4.69) is 39.9 Å². The van der Waals surface area contributed by atoms with E-state index in [1.807, 2.05) is 18.2 Å². The lowest BCUT2D eigenvalue weighted by Gasteiger charge is -2.06. The zero-order chi connectivity index (χ0) is 11.7. The van der Waals surface area contributed by atoms with Gasteiger partial charge in [-0.3, -0.25) is 0 Å². The molecular formula is C10H11IN4O. The second-order valence-corrected chi connectivity index (χ2v) is 4.48. The summed E-state index contributed by atoms with van der Waals surface area (Å²) in [6, 6.07) is 5.85. The highest BCUT2D eigenvalue weighted by molar-refractivity contribution is 14.1. The van der Waals surface area contributed by atoms with Gasteiger partial charge in [-0.2, -0.15) is 9.36 Å². The van der Waals surface area contributed by atoms with Crippen molar-refractivity contribution >= 4 is 22.6 Å². The van der Waals surface area contributed by atoms with E-state index in [4.69, 9.17) is 0 Å². The normalized spacial score (nSPS) is 10.7. The van der Waals surface area contributed by atoms with Gasteiger partial charge in [-0.1, -0.05) is 19.1 Å². The molecule has 0 aliphatic rings. The Hall–Kier alpha value is -1.18. The van der Waals surface area contributed by atoms with Crippen LogP contribution in [0, 0.1) is 3.57 Å². The number of tetrazole rings is 1.